The highest BCUT2D eigenvalue weighted by atomic mass is 28.4. The monoisotopic (exact) mass is 132 g/mol. The van der Waals surface area contributed by atoms with Gasteiger partial charge in [0.2, 0.25) is 0 Å². The molecule has 0 heterocycles. The molecule has 0 spiro atoms. The van der Waals surface area contributed by atoms with Crippen LogP contribution in [0.3, 0.4) is 0 Å². The topological polar surface area (TPSA) is 18.5 Å². The SMILES string of the molecule is C=CO[Si](C)(C)OC. The number of hydrogen-bond donors (Lipinski definition) is 0. The third kappa shape index (κ3) is 2.82. The molecule has 48 valence electrons. The van der Waals surface area contributed by atoms with Gasteiger partial charge in [-0.25, -0.2) is 0 Å². The van der Waals surface area contributed by atoms with Gasteiger partial charge in [0.05, 0.1) is 6.26 Å². The summed E-state index contributed by atoms with van der Waals surface area (Å²) in [5, 5.41) is 0. The Bertz CT molecular complexity index is 80.5. The Morgan fingerprint density at radius 3 is 2.12 bits per heavy atom. The summed E-state index contributed by atoms with van der Waals surface area (Å²) in [5.41, 5.74) is 0. The summed E-state index contributed by atoms with van der Waals surface area (Å²) in [7, 11) is -0.147. The van der Waals surface area contributed by atoms with Crippen molar-refractivity contribution in [1.82, 2.24) is 0 Å². The van der Waals surface area contributed by atoms with E-state index >= 15 is 0 Å². The van der Waals surface area contributed by atoms with E-state index < -0.39 is 8.56 Å². The van der Waals surface area contributed by atoms with Gasteiger partial charge in [0.15, 0.2) is 0 Å². The molecule has 0 N–H and O–H groups in total. The first kappa shape index (κ1) is 7.72. The van der Waals surface area contributed by atoms with Crippen LogP contribution in [0.15, 0.2) is 12.8 Å². The zero-order valence-corrected chi connectivity index (χ0v) is 6.60. The summed E-state index contributed by atoms with van der Waals surface area (Å²) in [6, 6.07) is 0. The van der Waals surface area contributed by atoms with E-state index in [-0.39, 0.29) is 0 Å². The molecule has 0 radical (unpaired) electrons. The zero-order chi connectivity index (χ0) is 6.62. The van der Waals surface area contributed by atoms with Crippen LogP contribution in [0.5, 0.6) is 0 Å². The second kappa shape index (κ2) is 2.89. The lowest BCUT2D eigenvalue weighted by Crippen LogP contribution is -2.30. The largest absolute Gasteiger partial charge is 0.527 e. The van der Waals surface area contributed by atoms with Crippen LogP contribution in [0, 0.1) is 0 Å². The average Bonchev–Trinajstić information content (AvgIpc) is 1.67. The molecule has 0 aromatic carbocycles. The van der Waals surface area contributed by atoms with Gasteiger partial charge in [-0.05, 0) is 13.1 Å². The van der Waals surface area contributed by atoms with Crippen LogP contribution in [0.1, 0.15) is 0 Å². The second-order valence-corrected chi connectivity index (χ2v) is 5.33. The Kier molecular flexibility index (Phi) is 2.79. The highest BCUT2D eigenvalue weighted by molar-refractivity contribution is 6.64. The van der Waals surface area contributed by atoms with E-state index in [9.17, 15) is 0 Å². The Hall–Kier alpha value is -0.283. The number of hydrogen-bond acceptors (Lipinski definition) is 2. The van der Waals surface area contributed by atoms with Crippen molar-refractivity contribution in [2.75, 3.05) is 7.11 Å². The minimum absolute atomic E-state index is 1.43. The van der Waals surface area contributed by atoms with Gasteiger partial charge in [-0.2, -0.15) is 0 Å². The van der Waals surface area contributed by atoms with Gasteiger partial charge < -0.3 is 8.85 Å². The van der Waals surface area contributed by atoms with Gasteiger partial charge >= 0.3 is 8.56 Å². The Balaban J connectivity index is 3.53. The van der Waals surface area contributed by atoms with E-state index in [0.29, 0.717) is 0 Å². The molecule has 0 aliphatic carbocycles. The highest BCUT2D eigenvalue weighted by Crippen LogP contribution is 2.02. The molecule has 0 aromatic heterocycles. The van der Waals surface area contributed by atoms with Gasteiger partial charge in [0.1, 0.15) is 0 Å². The first-order valence-corrected chi connectivity index (χ1v) is 5.28. The average molecular weight is 132 g/mol. The van der Waals surface area contributed by atoms with Crippen LogP contribution in [-0.4, -0.2) is 15.7 Å². The molecule has 0 aliphatic heterocycles. The summed E-state index contributed by atoms with van der Waals surface area (Å²) in [5.74, 6) is 0. The predicted octanol–water partition coefficient (Wildman–Crippen LogP) is 1.49. The van der Waals surface area contributed by atoms with E-state index in [1.807, 2.05) is 13.1 Å². The van der Waals surface area contributed by atoms with Gasteiger partial charge in [-0.15, -0.1) is 0 Å². The fraction of sp³-hybridized carbons (Fsp3) is 0.600. The maximum Gasteiger partial charge on any atom is 0.391 e. The Labute approximate surface area is 51.4 Å². The quantitative estimate of drug-likeness (QED) is 0.428. The fourth-order valence-corrected chi connectivity index (χ4v) is 0.746. The fourth-order valence-electron chi connectivity index (χ4n) is 0.249. The smallest absolute Gasteiger partial charge is 0.391 e. The Morgan fingerprint density at radius 1 is 1.50 bits per heavy atom. The van der Waals surface area contributed by atoms with Crippen LogP contribution in [0.25, 0.3) is 0 Å². The van der Waals surface area contributed by atoms with Crippen molar-refractivity contribution in [1.29, 1.82) is 0 Å². The maximum absolute atomic E-state index is 5.06. The van der Waals surface area contributed by atoms with E-state index in [0.717, 1.165) is 0 Å². The molecule has 8 heavy (non-hydrogen) atoms. The summed E-state index contributed by atoms with van der Waals surface area (Å²) >= 11 is 0. The molecule has 0 atom stereocenters. The Morgan fingerprint density at radius 2 is 2.00 bits per heavy atom. The summed E-state index contributed by atoms with van der Waals surface area (Å²) < 4.78 is 10.1. The van der Waals surface area contributed by atoms with Crippen molar-refractivity contribution in [3.63, 3.8) is 0 Å². The first-order chi connectivity index (χ1) is 3.62. The van der Waals surface area contributed by atoms with Crippen LogP contribution in [0.2, 0.25) is 13.1 Å². The highest BCUT2D eigenvalue weighted by Gasteiger charge is 2.21. The van der Waals surface area contributed by atoms with Crippen LogP contribution in [0.4, 0.5) is 0 Å². The van der Waals surface area contributed by atoms with Crippen molar-refractivity contribution < 1.29 is 8.85 Å². The van der Waals surface area contributed by atoms with E-state index in [1.54, 1.807) is 7.11 Å². The predicted molar refractivity (Wildman–Crippen MR) is 35.8 cm³/mol. The second-order valence-electron chi connectivity index (χ2n) is 1.89. The van der Waals surface area contributed by atoms with Gasteiger partial charge in [0.25, 0.3) is 0 Å². The van der Waals surface area contributed by atoms with Crippen LogP contribution in [-0.2, 0) is 8.85 Å². The number of rotatable bonds is 3. The third-order valence-electron chi connectivity index (χ3n) is 0.859. The minimum Gasteiger partial charge on any atom is -0.527 e. The summed E-state index contributed by atoms with van der Waals surface area (Å²) in [6.07, 6.45) is 1.43. The lowest BCUT2D eigenvalue weighted by atomic mass is 11.2. The summed E-state index contributed by atoms with van der Waals surface area (Å²) in [6.45, 7) is 7.33. The maximum atomic E-state index is 5.06. The molecule has 0 unspecified atom stereocenters. The van der Waals surface area contributed by atoms with Gasteiger partial charge in [-0.3, -0.25) is 0 Å². The third-order valence-corrected chi connectivity index (χ3v) is 2.58. The lowest BCUT2D eigenvalue weighted by Gasteiger charge is -2.17. The van der Waals surface area contributed by atoms with E-state index in [4.69, 9.17) is 8.85 Å². The summed E-state index contributed by atoms with van der Waals surface area (Å²) in [4.78, 5) is 0. The standard InChI is InChI=1S/C5H12O2Si/c1-5-7-8(3,4)6-2/h5H,1H2,2-4H3. The van der Waals surface area contributed by atoms with Crippen molar-refractivity contribution in [3.8, 4) is 0 Å². The van der Waals surface area contributed by atoms with Crippen molar-refractivity contribution in [2.24, 2.45) is 0 Å². The van der Waals surface area contributed by atoms with E-state index in [1.165, 1.54) is 6.26 Å². The molecule has 0 bridgehead atoms. The van der Waals surface area contributed by atoms with Crippen molar-refractivity contribution in [2.45, 2.75) is 13.1 Å². The van der Waals surface area contributed by atoms with Crippen molar-refractivity contribution >= 4 is 8.56 Å². The van der Waals surface area contributed by atoms with Crippen LogP contribution < -0.4 is 0 Å². The van der Waals surface area contributed by atoms with E-state index in [2.05, 4.69) is 6.58 Å². The molecule has 0 fully saturated rings. The molecule has 0 saturated heterocycles. The molecular formula is C5H12O2Si. The molecule has 0 amide bonds. The molecule has 0 saturated carbocycles. The van der Waals surface area contributed by atoms with Gasteiger partial charge in [0, 0.05) is 7.11 Å². The molecule has 0 rings (SSSR count). The van der Waals surface area contributed by atoms with Crippen molar-refractivity contribution in [3.05, 3.63) is 12.8 Å². The van der Waals surface area contributed by atoms with Gasteiger partial charge in [-0.1, -0.05) is 6.58 Å². The molecular weight excluding hydrogens is 120 g/mol. The normalized spacial score (nSPS) is 10.9. The first-order valence-electron chi connectivity index (χ1n) is 2.46. The van der Waals surface area contributed by atoms with Crippen LogP contribution >= 0.6 is 0 Å². The molecule has 0 aromatic rings. The molecule has 3 heteroatoms. The minimum atomic E-state index is -1.80. The molecule has 0 aliphatic rings. The zero-order valence-electron chi connectivity index (χ0n) is 5.60. The molecule has 2 nitrogen and oxygen atoms in total. The lowest BCUT2D eigenvalue weighted by molar-refractivity contribution is 0.286.